The van der Waals surface area contributed by atoms with Gasteiger partial charge in [0.25, 0.3) is 0 Å². The third-order valence-electron chi connectivity index (χ3n) is 3.70. The number of hydrogen-bond donors (Lipinski definition) is 1. The van der Waals surface area contributed by atoms with Gasteiger partial charge in [-0.25, -0.2) is 4.79 Å². The first-order chi connectivity index (χ1) is 7.51. The van der Waals surface area contributed by atoms with Crippen molar-refractivity contribution in [2.24, 2.45) is 5.41 Å². The molecule has 1 amide bonds. The standard InChI is InChI=1S/C13H25NO3/c1-7-12(5,6)13(16)8-14(9-13)10(15)17-11(2,3)4/h16H,7-9H2,1-6H3. The van der Waals surface area contributed by atoms with Crippen LogP contribution in [0.1, 0.15) is 48.0 Å². The molecule has 0 unspecified atom stereocenters. The first-order valence-corrected chi connectivity index (χ1v) is 6.21. The van der Waals surface area contributed by atoms with Crippen molar-refractivity contribution in [2.45, 2.75) is 59.2 Å². The molecular formula is C13H25NO3. The average molecular weight is 243 g/mol. The summed E-state index contributed by atoms with van der Waals surface area (Å²) in [6, 6.07) is 0. The van der Waals surface area contributed by atoms with E-state index in [1.807, 2.05) is 41.5 Å². The van der Waals surface area contributed by atoms with Gasteiger partial charge in [-0.05, 0) is 32.6 Å². The molecule has 0 aromatic carbocycles. The van der Waals surface area contributed by atoms with Crippen LogP contribution in [0.2, 0.25) is 0 Å². The molecule has 1 heterocycles. The van der Waals surface area contributed by atoms with Crippen LogP contribution in [0.5, 0.6) is 0 Å². The Morgan fingerprint density at radius 2 is 1.76 bits per heavy atom. The number of amides is 1. The van der Waals surface area contributed by atoms with Gasteiger partial charge in [-0.3, -0.25) is 0 Å². The molecule has 100 valence electrons. The monoisotopic (exact) mass is 243 g/mol. The van der Waals surface area contributed by atoms with Crippen molar-refractivity contribution in [1.82, 2.24) is 4.90 Å². The van der Waals surface area contributed by atoms with Crippen LogP contribution in [0.15, 0.2) is 0 Å². The van der Waals surface area contributed by atoms with Gasteiger partial charge in [-0.2, -0.15) is 0 Å². The molecule has 0 spiro atoms. The number of rotatable bonds is 2. The predicted molar refractivity (Wildman–Crippen MR) is 66.8 cm³/mol. The van der Waals surface area contributed by atoms with Crippen molar-refractivity contribution in [1.29, 1.82) is 0 Å². The zero-order chi connectivity index (χ0) is 13.5. The molecule has 0 atom stereocenters. The molecule has 1 aliphatic heterocycles. The molecule has 1 aliphatic rings. The highest BCUT2D eigenvalue weighted by atomic mass is 16.6. The van der Waals surface area contributed by atoms with Gasteiger partial charge in [0, 0.05) is 0 Å². The average Bonchev–Trinajstić information content (AvgIpc) is 2.09. The third kappa shape index (κ3) is 2.92. The summed E-state index contributed by atoms with van der Waals surface area (Å²) in [6.45, 7) is 12.4. The number of β-amino-alcohol motifs (C(OH)–C–C–N with tert-alkyl or cyclic N) is 1. The molecule has 0 saturated carbocycles. The van der Waals surface area contributed by atoms with Crippen molar-refractivity contribution in [3.05, 3.63) is 0 Å². The number of ether oxygens (including phenoxy) is 1. The summed E-state index contributed by atoms with van der Waals surface area (Å²) >= 11 is 0. The highest BCUT2D eigenvalue weighted by Crippen LogP contribution is 2.41. The van der Waals surface area contributed by atoms with E-state index in [1.165, 1.54) is 0 Å². The highest BCUT2D eigenvalue weighted by Gasteiger charge is 2.53. The van der Waals surface area contributed by atoms with Crippen LogP contribution in [0, 0.1) is 5.41 Å². The number of nitrogens with zero attached hydrogens (tertiary/aromatic N) is 1. The Morgan fingerprint density at radius 3 is 2.12 bits per heavy atom. The maximum atomic E-state index is 11.7. The molecule has 4 nitrogen and oxygen atoms in total. The lowest BCUT2D eigenvalue weighted by Gasteiger charge is -2.54. The minimum absolute atomic E-state index is 0.175. The van der Waals surface area contributed by atoms with Crippen LogP contribution in [0.4, 0.5) is 4.79 Å². The van der Waals surface area contributed by atoms with Crippen LogP contribution in [0.25, 0.3) is 0 Å². The molecule has 0 aliphatic carbocycles. The van der Waals surface area contributed by atoms with Crippen LogP contribution in [-0.4, -0.2) is 40.4 Å². The largest absolute Gasteiger partial charge is 0.444 e. The second-order valence-corrected chi connectivity index (χ2v) is 6.61. The molecule has 1 rings (SSSR count). The third-order valence-corrected chi connectivity index (χ3v) is 3.70. The van der Waals surface area contributed by atoms with Crippen LogP contribution in [-0.2, 0) is 4.74 Å². The molecule has 0 radical (unpaired) electrons. The van der Waals surface area contributed by atoms with E-state index in [1.54, 1.807) is 4.90 Å². The molecule has 0 bridgehead atoms. The second kappa shape index (κ2) is 4.16. The molecule has 1 fully saturated rings. The van der Waals surface area contributed by atoms with Crippen molar-refractivity contribution < 1.29 is 14.6 Å². The SMILES string of the molecule is CCC(C)(C)C1(O)CN(C(=O)OC(C)(C)C)C1. The Kier molecular flexibility index (Phi) is 3.50. The van der Waals surface area contributed by atoms with Gasteiger partial charge in [0.05, 0.1) is 13.1 Å². The number of aliphatic hydroxyl groups is 1. The molecule has 1 saturated heterocycles. The van der Waals surface area contributed by atoms with Crippen LogP contribution < -0.4 is 0 Å². The number of likely N-dealkylation sites (tertiary alicyclic amines) is 1. The molecule has 17 heavy (non-hydrogen) atoms. The van der Waals surface area contributed by atoms with Gasteiger partial charge >= 0.3 is 6.09 Å². The fourth-order valence-corrected chi connectivity index (χ4v) is 1.80. The van der Waals surface area contributed by atoms with E-state index in [9.17, 15) is 9.90 Å². The minimum Gasteiger partial charge on any atom is -0.444 e. The number of carbonyl (C=O) groups excluding carboxylic acids is 1. The van der Waals surface area contributed by atoms with Crippen LogP contribution >= 0.6 is 0 Å². The molecular weight excluding hydrogens is 218 g/mol. The fourth-order valence-electron chi connectivity index (χ4n) is 1.80. The van der Waals surface area contributed by atoms with E-state index in [4.69, 9.17) is 4.74 Å². The fraction of sp³-hybridized carbons (Fsp3) is 0.923. The Balaban J connectivity index is 2.54. The Hall–Kier alpha value is -0.770. The summed E-state index contributed by atoms with van der Waals surface area (Å²) in [5, 5.41) is 10.4. The lowest BCUT2D eigenvalue weighted by Crippen LogP contribution is -2.69. The summed E-state index contributed by atoms with van der Waals surface area (Å²) in [5.41, 5.74) is -1.44. The maximum Gasteiger partial charge on any atom is 0.410 e. The van der Waals surface area contributed by atoms with Crippen molar-refractivity contribution in [2.75, 3.05) is 13.1 Å². The number of carbonyl (C=O) groups is 1. The van der Waals surface area contributed by atoms with Crippen molar-refractivity contribution in [3.63, 3.8) is 0 Å². The van der Waals surface area contributed by atoms with Gasteiger partial charge in [-0.1, -0.05) is 20.8 Å². The summed E-state index contributed by atoms with van der Waals surface area (Å²) in [7, 11) is 0. The van der Waals surface area contributed by atoms with Gasteiger partial charge in [-0.15, -0.1) is 0 Å². The van der Waals surface area contributed by atoms with Gasteiger partial charge in [0.1, 0.15) is 11.2 Å². The topological polar surface area (TPSA) is 49.8 Å². The van der Waals surface area contributed by atoms with Gasteiger partial charge in [0.15, 0.2) is 0 Å². The first kappa shape index (κ1) is 14.3. The zero-order valence-corrected chi connectivity index (χ0v) is 11.8. The molecule has 0 aromatic heterocycles. The minimum atomic E-state index is -0.779. The van der Waals surface area contributed by atoms with E-state index < -0.39 is 11.2 Å². The quantitative estimate of drug-likeness (QED) is 0.810. The Labute approximate surface area is 104 Å². The predicted octanol–water partition coefficient (Wildman–Crippen LogP) is 2.40. The van der Waals surface area contributed by atoms with Crippen LogP contribution in [0.3, 0.4) is 0 Å². The van der Waals surface area contributed by atoms with E-state index >= 15 is 0 Å². The zero-order valence-electron chi connectivity index (χ0n) is 11.8. The molecule has 1 N–H and O–H groups in total. The lowest BCUT2D eigenvalue weighted by atomic mass is 9.68. The summed E-state index contributed by atoms with van der Waals surface area (Å²) in [6.07, 6.45) is 0.542. The van der Waals surface area contributed by atoms with E-state index in [0.717, 1.165) is 6.42 Å². The maximum absolute atomic E-state index is 11.7. The summed E-state index contributed by atoms with van der Waals surface area (Å²) < 4.78 is 5.26. The Bertz CT molecular complexity index is 298. The Morgan fingerprint density at radius 1 is 1.29 bits per heavy atom. The second-order valence-electron chi connectivity index (χ2n) is 6.61. The highest BCUT2D eigenvalue weighted by molar-refractivity contribution is 5.69. The number of hydrogen-bond acceptors (Lipinski definition) is 3. The van der Waals surface area contributed by atoms with E-state index in [2.05, 4.69) is 0 Å². The van der Waals surface area contributed by atoms with Crippen molar-refractivity contribution >= 4 is 6.09 Å². The summed E-state index contributed by atoms with van der Waals surface area (Å²) in [5.74, 6) is 0. The van der Waals surface area contributed by atoms with E-state index in [0.29, 0.717) is 13.1 Å². The van der Waals surface area contributed by atoms with Gasteiger partial charge < -0.3 is 14.7 Å². The molecule has 0 aromatic rings. The lowest BCUT2D eigenvalue weighted by molar-refractivity contribution is -0.163. The van der Waals surface area contributed by atoms with Crippen molar-refractivity contribution in [3.8, 4) is 0 Å². The first-order valence-electron chi connectivity index (χ1n) is 6.21. The van der Waals surface area contributed by atoms with Gasteiger partial charge in [0.2, 0.25) is 0 Å². The normalized spacial score (nSPS) is 19.8. The van der Waals surface area contributed by atoms with E-state index in [-0.39, 0.29) is 11.5 Å². The smallest absolute Gasteiger partial charge is 0.410 e. The molecule has 4 heteroatoms. The summed E-state index contributed by atoms with van der Waals surface area (Å²) in [4.78, 5) is 13.3.